The van der Waals surface area contributed by atoms with Crippen LogP contribution >= 0.6 is 0 Å². The summed E-state index contributed by atoms with van der Waals surface area (Å²) in [5, 5.41) is 0. The highest BCUT2D eigenvalue weighted by Gasteiger charge is 2.19. The molecule has 4 nitrogen and oxygen atoms in total. The Morgan fingerprint density at radius 2 is 2.05 bits per heavy atom. The number of amides is 1. The summed E-state index contributed by atoms with van der Waals surface area (Å²) >= 11 is 0. The summed E-state index contributed by atoms with van der Waals surface area (Å²) in [5.74, 6) is 0.980. The van der Waals surface area contributed by atoms with Gasteiger partial charge in [0.1, 0.15) is 0 Å². The van der Waals surface area contributed by atoms with Gasteiger partial charge >= 0.3 is 0 Å². The Morgan fingerprint density at radius 1 is 1.25 bits per heavy atom. The molecule has 1 aromatic heterocycles. The first-order valence-electron chi connectivity index (χ1n) is 6.95. The fourth-order valence-electron chi connectivity index (χ4n) is 2.58. The van der Waals surface area contributed by atoms with E-state index in [2.05, 4.69) is 22.1 Å². The van der Waals surface area contributed by atoms with Gasteiger partial charge in [-0.25, -0.2) is 9.97 Å². The molecule has 2 heterocycles. The van der Waals surface area contributed by atoms with E-state index in [9.17, 15) is 4.79 Å². The van der Waals surface area contributed by atoms with E-state index in [0.717, 1.165) is 30.9 Å². The second-order valence-electron chi connectivity index (χ2n) is 4.97. The van der Waals surface area contributed by atoms with Gasteiger partial charge in [0.05, 0.1) is 0 Å². The topological polar surface area (TPSA) is 46.1 Å². The van der Waals surface area contributed by atoms with Gasteiger partial charge in [-0.1, -0.05) is 19.1 Å². The average molecular weight is 267 g/mol. The molecule has 0 bridgehead atoms. The Morgan fingerprint density at radius 3 is 2.80 bits per heavy atom. The van der Waals surface area contributed by atoms with Crippen LogP contribution in [0.5, 0.6) is 0 Å². The van der Waals surface area contributed by atoms with Gasteiger partial charge in [-0.15, -0.1) is 0 Å². The number of nitrogens with zero attached hydrogens (tertiary/aromatic N) is 3. The lowest BCUT2D eigenvalue weighted by atomic mass is 9.97. The third-order valence-corrected chi connectivity index (χ3v) is 3.70. The van der Waals surface area contributed by atoms with E-state index in [4.69, 9.17) is 0 Å². The smallest absolute Gasteiger partial charge is 0.222 e. The van der Waals surface area contributed by atoms with Gasteiger partial charge in [-0.05, 0) is 29.7 Å². The first-order valence-corrected chi connectivity index (χ1v) is 6.95. The van der Waals surface area contributed by atoms with Gasteiger partial charge in [-0.2, -0.15) is 0 Å². The predicted molar refractivity (Wildman–Crippen MR) is 76.9 cm³/mol. The number of hydrogen-bond acceptors (Lipinski definition) is 3. The third kappa shape index (κ3) is 2.41. The minimum Gasteiger partial charge on any atom is -0.338 e. The summed E-state index contributed by atoms with van der Waals surface area (Å²) in [5.41, 5.74) is 3.58. The monoisotopic (exact) mass is 267 g/mol. The van der Waals surface area contributed by atoms with Crippen LogP contribution in [0.3, 0.4) is 0 Å². The number of carbonyl (C=O) groups is 1. The van der Waals surface area contributed by atoms with Gasteiger partial charge in [0, 0.05) is 37.5 Å². The zero-order chi connectivity index (χ0) is 13.9. The summed E-state index contributed by atoms with van der Waals surface area (Å²) in [6.07, 6.45) is 4.99. The fraction of sp³-hybridized carbons (Fsp3) is 0.312. The first-order chi connectivity index (χ1) is 9.78. The molecule has 1 aliphatic heterocycles. The Bertz CT molecular complexity index is 625. The van der Waals surface area contributed by atoms with Crippen molar-refractivity contribution in [2.75, 3.05) is 6.54 Å². The van der Waals surface area contributed by atoms with Crippen molar-refractivity contribution in [1.82, 2.24) is 14.9 Å². The van der Waals surface area contributed by atoms with Crippen molar-refractivity contribution >= 4 is 5.91 Å². The number of benzene rings is 1. The first kappa shape index (κ1) is 12.8. The molecule has 0 N–H and O–H groups in total. The molecule has 4 heteroatoms. The Hall–Kier alpha value is -2.23. The van der Waals surface area contributed by atoms with Crippen LogP contribution in [0.4, 0.5) is 0 Å². The Kier molecular flexibility index (Phi) is 3.46. The van der Waals surface area contributed by atoms with E-state index in [1.54, 1.807) is 12.4 Å². The lowest BCUT2D eigenvalue weighted by Gasteiger charge is -2.29. The standard InChI is InChI=1S/C16H17N3O/c1-2-15(20)19-9-6-12-10-13(4-5-14(12)11-19)16-17-7-3-8-18-16/h3-5,7-8,10H,2,6,9,11H2,1H3. The highest BCUT2D eigenvalue weighted by Crippen LogP contribution is 2.24. The van der Waals surface area contributed by atoms with Crippen LogP contribution in [0, 0.1) is 0 Å². The van der Waals surface area contributed by atoms with Crippen molar-refractivity contribution in [2.45, 2.75) is 26.3 Å². The van der Waals surface area contributed by atoms with Gasteiger partial charge in [0.15, 0.2) is 5.82 Å². The summed E-state index contributed by atoms with van der Waals surface area (Å²) in [6, 6.07) is 8.10. The van der Waals surface area contributed by atoms with Crippen LogP contribution < -0.4 is 0 Å². The summed E-state index contributed by atoms with van der Waals surface area (Å²) in [6.45, 7) is 3.43. The number of fused-ring (bicyclic) bond motifs is 1. The van der Waals surface area contributed by atoms with Crippen LogP contribution in [0.25, 0.3) is 11.4 Å². The molecule has 0 atom stereocenters. The fourth-order valence-corrected chi connectivity index (χ4v) is 2.58. The molecular weight excluding hydrogens is 250 g/mol. The van der Waals surface area contributed by atoms with Gasteiger partial charge in [-0.3, -0.25) is 4.79 Å². The van der Waals surface area contributed by atoms with Crippen molar-refractivity contribution in [3.05, 3.63) is 47.8 Å². The second-order valence-corrected chi connectivity index (χ2v) is 4.97. The van der Waals surface area contributed by atoms with Crippen molar-refractivity contribution in [3.63, 3.8) is 0 Å². The van der Waals surface area contributed by atoms with Crippen molar-refractivity contribution in [1.29, 1.82) is 0 Å². The zero-order valence-corrected chi connectivity index (χ0v) is 11.5. The minimum absolute atomic E-state index is 0.228. The van der Waals surface area contributed by atoms with E-state index in [-0.39, 0.29) is 5.91 Å². The number of rotatable bonds is 2. The quantitative estimate of drug-likeness (QED) is 0.839. The van der Waals surface area contributed by atoms with E-state index >= 15 is 0 Å². The van der Waals surface area contributed by atoms with Crippen LogP contribution in [-0.4, -0.2) is 27.3 Å². The molecule has 20 heavy (non-hydrogen) atoms. The molecule has 1 aliphatic rings. The zero-order valence-electron chi connectivity index (χ0n) is 11.5. The Balaban J connectivity index is 1.87. The molecule has 0 aliphatic carbocycles. The van der Waals surface area contributed by atoms with Crippen molar-refractivity contribution < 1.29 is 4.79 Å². The van der Waals surface area contributed by atoms with E-state index in [0.29, 0.717) is 6.42 Å². The average Bonchev–Trinajstić information content (AvgIpc) is 2.54. The molecule has 0 spiro atoms. The number of carbonyl (C=O) groups excluding carboxylic acids is 1. The summed E-state index contributed by atoms with van der Waals surface area (Å²) < 4.78 is 0. The maximum Gasteiger partial charge on any atom is 0.222 e. The highest BCUT2D eigenvalue weighted by molar-refractivity contribution is 5.76. The lowest BCUT2D eigenvalue weighted by molar-refractivity contribution is -0.131. The molecule has 0 radical (unpaired) electrons. The minimum atomic E-state index is 0.228. The molecule has 1 aromatic carbocycles. The largest absolute Gasteiger partial charge is 0.338 e. The summed E-state index contributed by atoms with van der Waals surface area (Å²) in [7, 11) is 0. The van der Waals surface area contributed by atoms with Crippen molar-refractivity contribution in [2.24, 2.45) is 0 Å². The van der Waals surface area contributed by atoms with E-state index < -0.39 is 0 Å². The lowest BCUT2D eigenvalue weighted by Crippen LogP contribution is -2.35. The third-order valence-electron chi connectivity index (χ3n) is 3.70. The number of aromatic nitrogens is 2. The van der Waals surface area contributed by atoms with Crippen LogP contribution in [0.15, 0.2) is 36.7 Å². The molecule has 102 valence electrons. The molecule has 0 saturated carbocycles. The molecule has 0 unspecified atom stereocenters. The highest BCUT2D eigenvalue weighted by atomic mass is 16.2. The SMILES string of the molecule is CCC(=O)N1CCc2cc(-c3ncccn3)ccc2C1. The van der Waals surface area contributed by atoms with Crippen molar-refractivity contribution in [3.8, 4) is 11.4 Å². The molecule has 3 rings (SSSR count). The molecule has 1 amide bonds. The second kappa shape index (κ2) is 5.41. The molecule has 0 fully saturated rings. The van der Waals surface area contributed by atoms with E-state index in [1.165, 1.54) is 11.1 Å². The maximum absolute atomic E-state index is 11.8. The van der Waals surface area contributed by atoms with E-state index in [1.807, 2.05) is 24.0 Å². The normalized spacial score (nSPS) is 13.9. The molecule has 0 saturated heterocycles. The van der Waals surface area contributed by atoms with Crippen LogP contribution in [0.1, 0.15) is 24.5 Å². The maximum atomic E-state index is 11.8. The molecule has 2 aromatic rings. The Labute approximate surface area is 118 Å². The number of hydrogen-bond donors (Lipinski definition) is 0. The van der Waals surface area contributed by atoms with Crippen LogP contribution in [0.2, 0.25) is 0 Å². The van der Waals surface area contributed by atoms with Gasteiger partial charge in [0.2, 0.25) is 5.91 Å². The predicted octanol–water partition coefficient (Wildman–Crippen LogP) is 2.44. The van der Waals surface area contributed by atoms with Gasteiger partial charge in [0.25, 0.3) is 0 Å². The van der Waals surface area contributed by atoms with Gasteiger partial charge < -0.3 is 4.90 Å². The molecular formula is C16H17N3O. The van der Waals surface area contributed by atoms with Crippen LogP contribution in [-0.2, 0) is 17.8 Å². The summed E-state index contributed by atoms with van der Waals surface area (Å²) in [4.78, 5) is 22.3.